The van der Waals surface area contributed by atoms with Gasteiger partial charge in [-0.05, 0) is 43.5 Å². The SMILES string of the molecule is Cc1cc(Cl)ccc1[C@@H](C)Nc1nc(N2CCN(C(=O)[C@H]3CCC(=O)N3)CC2)ncc1Cl. The van der Waals surface area contributed by atoms with Gasteiger partial charge in [-0.2, -0.15) is 4.98 Å². The predicted molar refractivity (Wildman–Crippen MR) is 125 cm³/mol. The van der Waals surface area contributed by atoms with Gasteiger partial charge in [0, 0.05) is 37.6 Å². The van der Waals surface area contributed by atoms with Crippen LogP contribution >= 0.6 is 23.2 Å². The van der Waals surface area contributed by atoms with Crippen molar-refractivity contribution in [3.8, 4) is 0 Å². The number of hydrogen-bond acceptors (Lipinski definition) is 6. The van der Waals surface area contributed by atoms with Gasteiger partial charge in [0.25, 0.3) is 0 Å². The molecule has 0 saturated carbocycles. The molecule has 10 heteroatoms. The number of hydrogen-bond donors (Lipinski definition) is 2. The van der Waals surface area contributed by atoms with Crippen LogP contribution in [-0.2, 0) is 9.59 Å². The Morgan fingerprint density at radius 1 is 1.25 bits per heavy atom. The number of rotatable bonds is 5. The summed E-state index contributed by atoms with van der Waals surface area (Å²) in [6.07, 6.45) is 2.58. The molecule has 32 heavy (non-hydrogen) atoms. The number of amides is 2. The number of benzene rings is 1. The Labute approximate surface area is 197 Å². The van der Waals surface area contributed by atoms with Crippen molar-refractivity contribution in [2.24, 2.45) is 0 Å². The van der Waals surface area contributed by atoms with Crippen LogP contribution in [0.15, 0.2) is 24.4 Å². The summed E-state index contributed by atoms with van der Waals surface area (Å²) >= 11 is 12.4. The van der Waals surface area contributed by atoms with E-state index >= 15 is 0 Å². The number of anilines is 2. The van der Waals surface area contributed by atoms with Crippen molar-refractivity contribution in [1.82, 2.24) is 20.2 Å². The van der Waals surface area contributed by atoms with Crippen LogP contribution in [0.25, 0.3) is 0 Å². The van der Waals surface area contributed by atoms with E-state index in [-0.39, 0.29) is 17.9 Å². The van der Waals surface area contributed by atoms with Gasteiger partial charge in [-0.25, -0.2) is 4.98 Å². The van der Waals surface area contributed by atoms with Crippen molar-refractivity contribution in [3.63, 3.8) is 0 Å². The first kappa shape index (κ1) is 22.6. The molecule has 2 amide bonds. The van der Waals surface area contributed by atoms with Gasteiger partial charge in [-0.15, -0.1) is 0 Å². The topological polar surface area (TPSA) is 90.5 Å². The van der Waals surface area contributed by atoms with Crippen LogP contribution in [-0.4, -0.2) is 58.9 Å². The number of carbonyl (C=O) groups excluding carboxylic acids is 2. The fraction of sp³-hybridized carbons (Fsp3) is 0.455. The summed E-state index contributed by atoms with van der Waals surface area (Å²) in [7, 11) is 0. The summed E-state index contributed by atoms with van der Waals surface area (Å²) in [4.78, 5) is 36.9. The molecule has 2 N–H and O–H groups in total. The standard InChI is InChI=1S/C22H26Cl2N6O2/c1-13-11-15(23)3-4-16(13)14(2)26-20-17(24)12-25-22(28-20)30-9-7-29(8-10-30)21(32)18-5-6-19(31)27-18/h3-4,11-12,14,18H,5-10H2,1-2H3,(H,27,31)(H,25,26,28)/t14-,18-/m1/s1. The normalized spacial score (nSPS) is 19.6. The Morgan fingerprint density at radius 2 is 2.00 bits per heavy atom. The fourth-order valence-corrected chi connectivity index (χ4v) is 4.54. The molecular formula is C22H26Cl2N6O2. The van der Waals surface area contributed by atoms with Crippen molar-refractivity contribution in [1.29, 1.82) is 0 Å². The average Bonchev–Trinajstić information content (AvgIpc) is 3.21. The summed E-state index contributed by atoms with van der Waals surface area (Å²) in [5.74, 6) is 1.06. The molecule has 2 atom stereocenters. The Bertz CT molecular complexity index is 1030. The molecule has 4 rings (SSSR count). The van der Waals surface area contributed by atoms with Crippen LogP contribution in [0.4, 0.5) is 11.8 Å². The summed E-state index contributed by atoms with van der Waals surface area (Å²) < 4.78 is 0. The van der Waals surface area contributed by atoms with Crippen molar-refractivity contribution in [2.45, 2.75) is 38.8 Å². The van der Waals surface area contributed by atoms with Crippen LogP contribution in [0.5, 0.6) is 0 Å². The number of halogens is 2. The third-order valence-corrected chi connectivity index (χ3v) is 6.46. The van der Waals surface area contributed by atoms with Gasteiger partial charge in [-0.1, -0.05) is 29.3 Å². The van der Waals surface area contributed by atoms with Crippen LogP contribution < -0.4 is 15.5 Å². The van der Waals surface area contributed by atoms with Crippen molar-refractivity contribution < 1.29 is 9.59 Å². The second-order valence-corrected chi connectivity index (χ2v) is 9.05. The van der Waals surface area contributed by atoms with Gasteiger partial charge in [0.1, 0.15) is 11.1 Å². The van der Waals surface area contributed by atoms with Crippen molar-refractivity contribution >= 4 is 46.8 Å². The van der Waals surface area contributed by atoms with E-state index in [9.17, 15) is 9.59 Å². The summed E-state index contributed by atoms with van der Waals surface area (Å²) in [5, 5.41) is 7.27. The van der Waals surface area contributed by atoms with E-state index in [0.717, 1.165) is 11.1 Å². The second kappa shape index (κ2) is 9.50. The number of nitrogens with one attached hydrogen (secondary N) is 2. The van der Waals surface area contributed by atoms with Gasteiger partial charge < -0.3 is 20.4 Å². The van der Waals surface area contributed by atoms with E-state index in [1.165, 1.54) is 0 Å². The summed E-state index contributed by atoms with van der Waals surface area (Å²) in [6, 6.07) is 5.37. The van der Waals surface area contributed by atoms with Crippen LogP contribution in [0, 0.1) is 6.92 Å². The zero-order valence-electron chi connectivity index (χ0n) is 18.1. The van der Waals surface area contributed by atoms with E-state index < -0.39 is 6.04 Å². The largest absolute Gasteiger partial charge is 0.362 e. The van der Waals surface area contributed by atoms with Crippen LogP contribution in [0.2, 0.25) is 10.0 Å². The van der Waals surface area contributed by atoms with Gasteiger partial charge in [0.15, 0.2) is 5.82 Å². The highest BCUT2D eigenvalue weighted by Gasteiger charge is 2.32. The highest BCUT2D eigenvalue weighted by atomic mass is 35.5. The second-order valence-electron chi connectivity index (χ2n) is 8.20. The lowest BCUT2D eigenvalue weighted by molar-refractivity contribution is -0.134. The summed E-state index contributed by atoms with van der Waals surface area (Å²) in [6.45, 7) is 6.39. The zero-order chi connectivity index (χ0) is 22.8. The lowest BCUT2D eigenvalue weighted by Gasteiger charge is -2.36. The number of carbonyl (C=O) groups is 2. The first-order chi connectivity index (χ1) is 15.3. The Hall–Kier alpha value is -2.58. The highest BCUT2D eigenvalue weighted by molar-refractivity contribution is 6.32. The van der Waals surface area contributed by atoms with Gasteiger partial charge in [0.2, 0.25) is 17.8 Å². The van der Waals surface area contributed by atoms with Crippen LogP contribution in [0.1, 0.15) is 36.9 Å². The Kier molecular flexibility index (Phi) is 6.71. The molecule has 2 aliphatic rings. The van der Waals surface area contributed by atoms with Gasteiger partial charge in [0.05, 0.1) is 12.2 Å². The quantitative estimate of drug-likeness (QED) is 0.688. The first-order valence-corrected chi connectivity index (χ1v) is 11.5. The van der Waals surface area contributed by atoms with E-state index in [1.54, 1.807) is 11.1 Å². The molecule has 0 unspecified atom stereocenters. The first-order valence-electron chi connectivity index (χ1n) is 10.7. The lowest BCUT2D eigenvalue weighted by atomic mass is 10.0. The predicted octanol–water partition coefficient (Wildman–Crippen LogP) is 3.19. The molecule has 2 aromatic rings. The minimum Gasteiger partial charge on any atom is -0.362 e. The van der Waals surface area contributed by atoms with Crippen molar-refractivity contribution in [2.75, 3.05) is 36.4 Å². The van der Waals surface area contributed by atoms with Gasteiger partial charge in [-0.3, -0.25) is 9.59 Å². The van der Waals surface area contributed by atoms with E-state index in [0.29, 0.717) is 60.8 Å². The smallest absolute Gasteiger partial charge is 0.245 e. The molecule has 1 aromatic carbocycles. The third-order valence-electron chi connectivity index (χ3n) is 5.95. The number of aryl methyl sites for hydroxylation is 1. The van der Waals surface area contributed by atoms with E-state index in [2.05, 4.69) is 20.6 Å². The number of aromatic nitrogens is 2. The maximum atomic E-state index is 12.6. The van der Waals surface area contributed by atoms with Gasteiger partial charge >= 0.3 is 0 Å². The van der Waals surface area contributed by atoms with E-state index in [1.807, 2.05) is 36.9 Å². The molecule has 0 aliphatic carbocycles. The zero-order valence-corrected chi connectivity index (χ0v) is 19.6. The van der Waals surface area contributed by atoms with Crippen LogP contribution in [0.3, 0.4) is 0 Å². The average molecular weight is 477 g/mol. The lowest BCUT2D eigenvalue weighted by Crippen LogP contribution is -2.53. The maximum Gasteiger partial charge on any atom is 0.245 e. The Morgan fingerprint density at radius 3 is 2.66 bits per heavy atom. The molecule has 0 spiro atoms. The summed E-state index contributed by atoms with van der Waals surface area (Å²) in [5.41, 5.74) is 2.19. The molecule has 8 nitrogen and oxygen atoms in total. The molecule has 1 aromatic heterocycles. The van der Waals surface area contributed by atoms with Crippen molar-refractivity contribution in [3.05, 3.63) is 45.6 Å². The third kappa shape index (κ3) is 4.91. The monoisotopic (exact) mass is 476 g/mol. The number of nitrogens with zero attached hydrogens (tertiary/aromatic N) is 4. The Balaban J connectivity index is 1.40. The molecule has 170 valence electrons. The maximum absolute atomic E-state index is 12.6. The molecule has 0 bridgehead atoms. The minimum atomic E-state index is -0.394. The van der Waals surface area contributed by atoms with E-state index in [4.69, 9.17) is 23.2 Å². The number of piperazine rings is 1. The molecular weight excluding hydrogens is 451 g/mol. The molecule has 2 aliphatic heterocycles. The highest BCUT2D eigenvalue weighted by Crippen LogP contribution is 2.28. The molecule has 0 radical (unpaired) electrons. The molecule has 2 fully saturated rings. The minimum absolute atomic E-state index is 0.0120. The molecule has 2 saturated heterocycles. The molecule has 3 heterocycles. The fourth-order valence-electron chi connectivity index (χ4n) is 4.17.